The Morgan fingerprint density at radius 3 is 2.81 bits per heavy atom. The highest BCUT2D eigenvalue weighted by molar-refractivity contribution is 7.89. The van der Waals surface area contributed by atoms with Gasteiger partial charge in [-0.1, -0.05) is 0 Å². The molecular formula is C12H17N5O3S. The molecule has 1 amide bonds. The number of anilines is 1. The van der Waals surface area contributed by atoms with Crippen LogP contribution in [0.3, 0.4) is 0 Å². The summed E-state index contributed by atoms with van der Waals surface area (Å²) in [5.74, 6) is -0.614. The van der Waals surface area contributed by atoms with Crippen LogP contribution in [0.15, 0.2) is 18.2 Å². The lowest BCUT2D eigenvalue weighted by atomic mass is 10.2. The van der Waals surface area contributed by atoms with Crippen molar-refractivity contribution in [3.8, 4) is 0 Å². The summed E-state index contributed by atoms with van der Waals surface area (Å²) in [4.78, 5) is 12.0. The fourth-order valence-electron chi connectivity index (χ4n) is 1.76. The minimum Gasteiger partial charge on any atom is -0.399 e. The summed E-state index contributed by atoms with van der Waals surface area (Å²) in [6.07, 6.45) is 0. The van der Waals surface area contributed by atoms with E-state index in [4.69, 9.17) is 5.73 Å². The van der Waals surface area contributed by atoms with Gasteiger partial charge >= 0.3 is 0 Å². The Balaban J connectivity index is 2.08. The first-order valence-corrected chi connectivity index (χ1v) is 7.84. The number of fused-ring (bicyclic) bond motifs is 1. The first kappa shape index (κ1) is 15.3. The molecule has 0 aliphatic carbocycles. The molecule has 0 unspecified atom stereocenters. The van der Waals surface area contributed by atoms with Crippen LogP contribution in [0.25, 0.3) is 10.9 Å². The highest BCUT2D eigenvalue weighted by Gasteiger charge is 2.17. The van der Waals surface area contributed by atoms with Crippen molar-refractivity contribution in [2.75, 3.05) is 32.1 Å². The molecule has 0 bridgehead atoms. The number of sulfonamides is 1. The molecule has 0 spiro atoms. The first-order chi connectivity index (χ1) is 9.81. The summed E-state index contributed by atoms with van der Waals surface area (Å²) < 4.78 is 24.3. The number of benzene rings is 1. The number of nitrogens with one attached hydrogen (secondary N) is 2. The Morgan fingerprint density at radius 1 is 1.43 bits per heavy atom. The van der Waals surface area contributed by atoms with Crippen molar-refractivity contribution in [1.82, 2.24) is 19.8 Å². The summed E-state index contributed by atoms with van der Waals surface area (Å²) in [6.45, 7) is 0.00994. The highest BCUT2D eigenvalue weighted by Crippen LogP contribution is 2.18. The normalized spacial score (nSPS) is 12.0. The van der Waals surface area contributed by atoms with Crippen LogP contribution in [-0.4, -0.2) is 55.2 Å². The number of nitrogen functional groups attached to an aromatic ring is 1. The van der Waals surface area contributed by atoms with Crippen LogP contribution in [0.1, 0.15) is 10.5 Å². The van der Waals surface area contributed by atoms with E-state index in [-0.39, 0.29) is 18.0 Å². The van der Waals surface area contributed by atoms with Crippen LogP contribution in [-0.2, 0) is 10.0 Å². The van der Waals surface area contributed by atoms with E-state index in [1.807, 2.05) is 0 Å². The summed E-state index contributed by atoms with van der Waals surface area (Å²) in [5, 5.41) is 9.80. The lowest BCUT2D eigenvalue weighted by Gasteiger charge is -2.11. The van der Waals surface area contributed by atoms with Crippen molar-refractivity contribution < 1.29 is 13.2 Å². The zero-order valence-corrected chi connectivity index (χ0v) is 12.6. The third-order valence-electron chi connectivity index (χ3n) is 3.00. The van der Waals surface area contributed by atoms with Crippen LogP contribution in [0.4, 0.5) is 5.69 Å². The zero-order chi connectivity index (χ0) is 15.6. The van der Waals surface area contributed by atoms with Crippen molar-refractivity contribution >= 4 is 32.5 Å². The summed E-state index contributed by atoms with van der Waals surface area (Å²) in [6, 6.07) is 5.07. The SMILES string of the molecule is CN(C)S(=O)(=O)CCNC(=O)c1n[nH]c2ccc(N)cc12. The zero-order valence-electron chi connectivity index (χ0n) is 11.8. The summed E-state index contributed by atoms with van der Waals surface area (Å²) >= 11 is 0. The second-order valence-electron chi connectivity index (χ2n) is 4.73. The van der Waals surface area contributed by atoms with Crippen molar-refractivity contribution in [1.29, 1.82) is 0 Å². The third-order valence-corrected chi connectivity index (χ3v) is 4.84. The van der Waals surface area contributed by atoms with E-state index in [0.717, 1.165) is 4.31 Å². The van der Waals surface area contributed by atoms with Crippen molar-refractivity contribution in [3.63, 3.8) is 0 Å². The maximum Gasteiger partial charge on any atom is 0.272 e. The lowest BCUT2D eigenvalue weighted by Crippen LogP contribution is -2.34. The molecule has 0 aliphatic rings. The van der Waals surface area contributed by atoms with Gasteiger partial charge in [-0.3, -0.25) is 9.89 Å². The molecule has 0 radical (unpaired) electrons. The average Bonchev–Trinajstić information content (AvgIpc) is 2.81. The van der Waals surface area contributed by atoms with Gasteiger partial charge in [-0.25, -0.2) is 12.7 Å². The molecule has 1 aromatic carbocycles. The standard InChI is InChI=1S/C12H17N5O3S/c1-17(2)21(19,20)6-5-14-12(18)11-9-7-8(13)3-4-10(9)15-16-11/h3-4,7H,5-6,13H2,1-2H3,(H,14,18)(H,15,16). The quantitative estimate of drug-likeness (QED) is 0.658. The number of H-pyrrole nitrogens is 1. The molecule has 0 atom stereocenters. The van der Waals surface area contributed by atoms with Gasteiger partial charge in [0, 0.05) is 31.7 Å². The first-order valence-electron chi connectivity index (χ1n) is 6.23. The molecule has 2 rings (SSSR count). The largest absolute Gasteiger partial charge is 0.399 e. The maximum atomic E-state index is 12.0. The lowest BCUT2D eigenvalue weighted by molar-refractivity contribution is 0.0952. The number of aromatic amines is 1. The van der Waals surface area contributed by atoms with Crippen LogP contribution in [0, 0.1) is 0 Å². The van der Waals surface area contributed by atoms with Crippen molar-refractivity contribution in [2.24, 2.45) is 0 Å². The Hall–Kier alpha value is -2.13. The minimum atomic E-state index is -3.34. The third kappa shape index (κ3) is 3.31. The van der Waals surface area contributed by atoms with Crippen molar-refractivity contribution in [3.05, 3.63) is 23.9 Å². The monoisotopic (exact) mass is 311 g/mol. The number of hydrogen-bond donors (Lipinski definition) is 3. The van der Waals surface area contributed by atoms with Crippen LogP contribution in [0.5, 0.6) is 0 Å². The van der Waals surface area contributed by atoms with Crippen LogP contribution < -0.4 is 11.1 Å². The number of amides is 1. The van der Waals surface area contributed by atoms with Gasteiger partial charge in [0.2, 0.25) is 10.0 Å². The molecule has 0 fully saturated rings. The fourth-order valence-corrected chi connectivity index (χ4v) is 2.49. The van der Waals surface area contributed by atoms with Gasteiger partial charge in [-0.15, -0.1) is 0 Å². The Bertz CT molecular complexity index is 766. The molecule has 1 heterocycles. The average molecular weight is 311 g/mol. The van der Waals surface area contributed by atoms with Crippen molar-refractivity contribution in [2.45, 2.75) is 0 Å². The highest BCUT2D eigenvalue weighted by atomic mass is 32.2. The number of nitrogens with zero attached hydrogens (tertiary/aromatic N) is 2. The molecule has 2 aromatic rings. The van der Waals surface area contributed by atoms with Crippen LogP contribution in [0.2, 0.25) is 0 Å². The number of rotatable bonds is 5. The van der Waals surface area contributed by atoms with Crippen LogP contribution >= 0.6 is 0 Å². The summed E-state index contributed by atoms with van der Waals surface area (Å²) in [7, 11) is -0.450. The molecule has 0 saturated heterocycles. The predicted octanol–water partition coefficient (Wildman–Crippen LogP) is -0.234. The van der Waals surface area contributed by atoms with Gasteiger partial charge in [0.05, 0.1) is 11.3 Å². The number of aromatic nitrogens is 2. The second-order valence-corrected chi connectivity index (χ2v) is 7.03. The van der Waals surface area contributed by atoms with E-state index in [2.05, 4.69) is 15.5 Å². The Morgan fingerprint density at radius 2 is 2.14 bits per heavy atom. The van der Waals surface area contributed by atoms with Gasteiger partial charge < -0.3 is 11.1 Å². The molecule has 1 aromatic heterocycles. The molecule has 9 heteroatoms. The minimum absolute atomic E-state index is 0.00994. The topological polar surface area (TPSA) is 121 Å². The van der Waals surface area contributed by atoms with E-state index < -0.39 is 15.9 Å². The smallest absolute Gasteiger partial charge is 0.272 e. The maximum absolute atomic E-state index is 12.0. The molecule has 8 nitrogen and oxygen atoms in total. The van der Waals surface area contributed by atoms with E-state index in [1.54, 1.807) is 18.2 Å². The molecule has 0 saturated carbocycles. The van der Waals surface area contributed by atoms with E-state index >= 15 is 0 Å². The molecule has 114 valence electrons. The number of nitrogens with two attached hydrogens (primary N) is 1. The molecule has 4 N–H and O–H groups in total. The molecule has 21 heavy (non-hydrogen) atoms. The summed E-state index contributed by atoms with van der Waals surface area (Å²) in [5.41, 5.74) is 7.09. The van der Waals surface area contributed by atoms with E-state index in [1.165, 1.54) is 14.1 Å². The second kappa shape index (κ2) is 5.70. The number of carbonyl (C=O) groups is 1. The fraction of sp³-hybridized carbons (Fsp3) is 0.333. The van der Waals surface area contributed by atoms with E-state index in [0.29, 0.717) is 16.6 Å². The van der Waals surface area contributed by atoms with Gasteiger partial charge in [-0.2, -0.15) is 5.10 Å². The van der Waals surface area contributed by atoms with Gasteiger partial charge in [0.1, 0.15) is 0 Å². The predicted molar refractivity (Wildman–Crippen MR) is 80.3 cm³/mol. The van der Waals surface area contributed by atoms with Gasteiger partial charge in [0.15, 0.2) is 5.69 Å². The Kier molecular flexibility index (Phi) is 4.14. The van der Waals surface area contributed by atoms with E-state index in [9.17, 15) is 13.2 Å². The number of hydrogen-bond acceptors (Lipinski definition) is 5. The van der Waals surface area contributed by atoms with Gasteiger partial charge in [0.25, 0.3) is 5.91 Å². The Labute approximate surface area is 122 Å². The number of carbonyl (C=O) groups excluding carboxylic acids is 1. The van der Waals surface area contributed by atoms with Gasteiger partial charge in [-0.05, 0) is 18.2 Å². The molecular weight excluding hydrogens is 294 g/mol. The molecule has 0 aliphatic heterocycles.